The monoisotopic (exact) mass is 363 g/mol. The molecule has 1 aliphatic rings. The summed E-state index contributed by atoms with van der Waals surface area (Å²) >= 11 is 1.63. The van der Waals surface area contributed by atoms with Crippen molar-refractivity contribution in [3.05, 3.63) is 35.5 Å². The van der Waals surface area contributed by atoms with Gasteiger partial charge >= 0.3 is 0 Å². The summed E-state index contributed by atoms with van der Waals surface area (Å²) in [7, 11) is 2.09. The molecule has 2 heterocycles. The lowest BCUT2D eigenvalue weighted by molar-refractivity contribution is 0.101. The minimum atomic E-state index is -0.251. The second-order valence-electron chi connectivity index (χ2n) is 7.00. The van der Waals surface area contributed by atoms with Gasteiger partial charge in [-0.1, -0.05) is 0 Å². The summed E-state index contributed by atoms with van der Waals surface area (Å²) in [5.74, 6) is 0.437. The highest BCUT2D eigenvalue weighted by molar-refractivity contribution is 7.14. The van der Waals surface area contributed by atoms with E-state index in [-0.39, 0.29) is 11.9 Å². The Morgan fingerprint density at radius 3 is 2.64 bits per heavy atom. The Morgan fingerprint density at radius 1 is 1.32 bits per heavy atom. The summed E-state index contributed by atoms with van der Waals surface area (Å²) in [6.07, 6.45) is 2.07. The van der Waals surface area contributed by atoms with E-state index in [1.165, 1.54) is 12.1 Å². The Morgan fingerprint density at radius 2 is 2.00 bits per heavy atom. The number of aliphatic hydroxyl groups is 1. The summed E-state index contributed by atoms with van der Waals surface area (Å²) in [6.45, 7) is 5.74. The Hall–Kier alpha value is -1.50. The van der Waals surface area contributed by atoms with Crippen molar-refractivity contribution in [3.8, 4) is 11.3 Å². The number of benzene rings is 1. The molecule has 0 radical (unpaired) electrons. The van der Waals surface area contributed by atoms with Gasteiger partial charge in [-0.15, -0.1) is 11.3 Å². The summed E-state index contributed by atoms with van der Waals surface area (Å²) in [5, 5.41) is 12.5. The van der Waals surface area contributed by atoms with Gasteiger partial charge in [0.05, 0.1) is 11.8 Å². The van der Waals surface area contributed by atoms with Crippen LogP contribution in [-0.4, -0.2) is 54.3 Å². The van der Waals surface area contributed by atoms with Crippen LogP contribution in [0.15, 0.2) is 29.6 Å². The number of β-amino-alcohol motifs (C(OH)–C–C–N with tert-alkyl or cyclic N) is 1. The standard InChI is InChI=1S/C19H26FN3OS/c1-14(24)11-23-9-7-15(8-10-23)12-22(2)19-21-18(13-25-19)16-3-5-17(20)6-4-16/h3-6,13-15,24H,7-12H2,1-2H3. The fraction of sp³-hybridized carbons (Fsp3) is 0.526. The van der Waals surface area contributed by atoms with E-state index in [2.05, 4.69) is 16.8 Å². The van der Waals surface area contributed by atoms with E-state index in [1.807, 2.05) is 12.3 Å². The third kappa shape index (κ3) is 5.00. The van der Waals surface area contributed by atoms with Crippen LogP contribution in [0.1, 0.15) is 19.8 Å². The number of thiazole rings is 1. The molecule has 0 saturated carbocycles. The normalized spacial score (nSPS) is 17.6. The number of aliphatic hydroxyl groups excluding tert-OH is 1. The summed E-state index contributed by atoms with van der Waals surface area (Å²) in [6, 6.07) is 6.48. The van der Waals surface area contributed by atoms with E-state index in [4.69, 9.17) is 4.98 Å². The highest BCUT2D eigenvalue weighted by Gasteiger charge is 2.22. The van der Waals surface area contributed by atoms with Gasteiger partial charge in [0.2, 0.25) is 0 Å². The molecule has 25 heavy (non-hydrogen) atoms. The second-order valence-corrected chi connectivity index (χ2v) is 7.83. The molecule has 6 heteroatoms. The van der Waals surface area contributed by atoms with Gasteiger partial charge in [0.1, 0.15) is 5.82 Å². The van der Waals surface area contributed by atoms with Gasteiger partial charge in [0.25, 0.3) is 0 Å². The quantitative estimate of drug-likeness (QED) is 0.853. The molecule has 0 aliphatic carbocycles. The highest BCUT2D eigenvalue weighted by Crippen LogP contribution is 2.28. The molecule has 4 nitrogen and oxygen atoms in total. The highest BCUT2D eigenvalue weighted by atomic mass is 32.1. The molecule has 0 bridgehead atoms. The molecule has 0 amide bonds. The number of aromatic nitrogens is 1. The molecule has 1 unspecified atom stereocenters. The van der Waals surface area contributed by atoms with Crippen LogP contribution < -0.4 is 4.90 Å². The maximum Gasteiger partial charge on any atom is 0.185 e. The Balaban J connectivity index is 1.54. The summed E-state index contributed by atoms with van der Waals surface area (Å²) in [5.41, 5.74) is 1.85. The Kier molecular flexibility index (Phi) is 6.04. The number of halogens is 1. The summed E-state index contributed by atoms with van der Waals surface area (Å²) in [4.78, 5) is 9.28. The zero-order chi connectivity index (χ0) is 17.8. The molecule has 1 atom stereocenters. The zero-order valence-corrected chi connectivity index (χ0v) is 15.7. The Labute approximate surface area is 152 Å². The summed E-state index contributed by atoms with van der Waals surface area (Å²) < 4.78 is 13.1. The van der Waals surface area contributed by atoms with Gasteiger partial charge in [-0.05, 0) is 63.0 Å². The fourth-order valence-electron chi connectivity index (χ4n) is 3.38. The molecule has 3 rings (SSSR count). The molecular weight excluding hydrogens is 337 g/mol. The Bertz CT molecular complexity index is 666. The van der Waals surface area contributed by atoms with Gasteiger partial charge in [-0.25, -0.2) is 9.37 Å². The average Bonchev–Trinajstić information content (AvgIpc) is 3.07. The van der Waals surface area contributed by atoms with Crippen molar-refractivity contribution in [2.75, 3.05) is 38.1 Å². The van der Waals surface area contributed by atoms with Gasteiger partial charge in [0, 0.05) is 31.1 Å². The van der Waals surface area contributed by atoms with Crippen molar-refractivity contribution >= 4 is 16.5 Å². The zero-order valence-electron chi connectivity index (χ0n) is 14.9. The third-order valence-corrected chi connectivity index (χ3v) is 5.68. The van der Waals surface area contributed by atoms with Crippen LogP contribution in [0.3, 0.4) is 0 Å². The van der Waals surface area contributed by atoms with Gasteiger partial charge in [0.15, 0.2) is 5.13 Å². The molecule has 2 aromatic rings. The van der Waals surface area contributed by atoms with E-state index in [9.17, 15) is 9.50 Å². The van der Waals surface area contributed by atoms with E-state index in [1.54, 1.807) is 23.5 Å². The lowest BCUT2D eigenvalue weighted by Gasteiger charge is -2.34. The molecule has 1 aliphatic heterocycles. The van der Waals surface area contributed by atoms with E-state index < -0.39 is 0 Å². The first-order chi connectivity index (χ1) is 12.0. The van der Waals surface area contributed by atoms with E-state index in [0.717, 1.165) is 55.4 Å². The molecule has 1 aromatic carbocycles. The van der Waals surface area contributed by atoms with Gasteiger partial charge in [-0.3, -0.25) is 0 Å². The van der Waals surface area contributed by atoms with Crippen LogP contribution in [0.25, 0.3) is 11.3 Å². The maximum absolute atomic E-state index is 13.1. The first-order valence-corrected chi connectivity index (χ1v) is 9.72. The molecule has 0 spiro atoms. The van der Waals surface area contributed by atoms with Crippen LogP contribution in [-0.2, 0) is 0 Å². The van der Waals surface area contributed by atoms with Crippen molar-refractivity contribution in [2.45, 2.75) is 25.9 Å². The van der Waals surface area contributed by atoms with Crippen LogP contribution in [0, 0.1) is 11.7 Å². The van der Waals surface area contributed by atoms with Crippen molar-refractivity contribution in [1.29, 1.82) is 0 Å². The van der Waals surface area contributed by atoms with E-state index >= 15 is 0 Å². The van der Waals surface area contributed by atoms with Crippen LogP contribution >= 0.6 is 11.3 Å². The minimum absolute atomic E-state index is 0.224. The second kappa shape index (κ2) is 8.25. The molecule has 136 valence electrons. The predicted octanol–water partition coefficient (Wildman–Crippen LogP) is 3.48. The molecule has 1 aromatic heterocycles. The average molecular weight is 364 g/mol. The number of nitrogens with zero attached hydrogens (tertiary/aromatic N) is 3. The maximum atomic E-state index is 13.1. The van der Waals surface area contributed by atoms with Crippen molar-refractivity contribution in [1.82, 2.24) is 9.88 Å². The minimum Gasteiger partial charge on any atom is -0.392 e. The van der Waals surface area contributed by atoms with Gasteiger partial charge < -0.3 is 14.9 Å². The molecule has 1 saturated heterocycles. The SMILES string of the molecule is CC(O)CN1CCC(CN(C)c2nc(-c3ccc(F)cc3)cs2)CC1. The van der Waals surface area contributed by atoms with Crippen LogP contribution in [0.4, 0.5) is 9.52 Å². The smallest absolute Gasteiger partial charge is 0.185 e. The number of hydrogen-bond donors (Lipinski definition) is 1. The molecular formula is C19H26FN3OS. The first-order valence-electron chi connectivity index (χ1n) is 8.84. The number of piperidine rings is 1. The topological polar surface area (TPSA) is 39.6 Å². The number of anilines is 1. The van der Waals surface area contributed by atoms with Crippen LogP contribution in [0.5, 0.6) is 0 Å². The van der Waals surface area contributed by atoms with Crippen molar-refractivity contribution < 1.29 is 9.50 Å². The largest absolute Gasteiger partial charge is 0.392 e. The third-order valence-electron chi connectivity index (χ3n) is 4.72. The lowest BCUT2D eigenvalue weighted by Crippen LogP contribution is -2.40. The number of rotatable bonds is 6. The number of likely N-dealkylation sites (tertiary alicyclic amines) is 1. The van der Waals surface area contributed by atoms with E-state index in [0.29, 0.717) is 5.92 Å². The first kappa shape index (κ1) is 18.3. The van der Waals surface area contributed by atoms with Crippen molar-refractivity contribution in [2.24, 2.45) is 5.92 Å². The lowest BCUT2D eigenvalue weighted by atomic mass is 9.96. The molecule has 1 fully saturated rings. The fourth-order valence-corrected chi connectivity index (χ4v) is 4.19. The van der Waals surface area contributed by atoms with Crippen LogP contribution in [0.2, 0.25) is 0 Å². The van der Waals surface area contributed by atoms with Gasteiger partial charge in [-0.2, -0.15) is 0 Å². The van der Waals surface area contributed by atoms with Crippen molar-refractivity contribution in [3.63, 3.8) is 0 Å². The number of hydrogen-bond acceptors (Lipinski definition) is 5. The molecule has 1 N–H and O–H groups in total. The predicted molar refractivity (Wildman–Crippen MR) is 102 cm³/mol.